The first-order valence-electron chi connectivity index (χ1n) is 5.27. The third kappa shape index (κ3) is 3.84. The molecule has 2 N–H and O–H groups in total. The monoisotopic (exact) mass is 271 g/mol. The van der Waals surface area contributed by atoms with Crippen LogP contribution in [0.15, 0.2) is 22.7 Å². The summed E-state index contributed by atoms with van der Waals surface area (Å²) in [6, 6.07) is 6.11. The number of benzene rings is 1. The Morgan fingerprint density at radius 2 is 2.13 bits per heavy atom. The van der Waals surface area contributed by atoms with E-state index in [1.165, 1.54) is 6.42 Å². The molecule has 0 unspecified atom stereocenters. The summed E-state index contributed by atoms with van der Waals surface area (Å²) in [5, 5.41) is 0. The molecule has 0 saturated heterocycles. The van der Waals surface area contributed by atoms with E-state index >= 15 is 0 Å². The molecule has 0 heterocycles. The third-order valence-corrected chi connectivity index (χ3v) is 2.88. The molecule has 0 aliphatic heterocycles. The molecule has 0 spiro atoms. The highest BCUT2D eigenvalue weighted by Gasteiger charge is 2.07. The second kappa shape index (κ2) is 6.13. The van der Waals surface area contributed by atoms with Gasteiger partial charge < -0.3 is 10.5 Å². The molecule has 15 heavy (non-hydrogen) atoms. The fourth-order valence-electron chi connectivity index (χ4n) is 1.51. The number of halogens is 1. The molecule has 1 aromatic carbocycles. The molecule has 0 amide bonds. The van der Waals surface area contributed by atoms with Crippen LogP contribution < -0.4 is 10.5 Å². The summed E-state index contributed by atoms with van der Waals surface area (Å²) >= 11 is 3.45. The lowest BCUT2D eigenvalue weighted by atomic mass is 10.0. The van der Waals surface area contributed by atoms with E-state index in [1.807, 2.05) is 12.1 Å². The van der Waals surface area contributed by atoms with Crippen molar-refractivity contribution in [3.63, 3.8) is 0 Å². The molecule has 0 aliphatic carbocycles. The molecular weight excluding hydrogens is 254 g/mol. The lowest BCUT2D eigenvalue weighted by molar-refractivity contribution is 0.413. The van der Waals surface area contributed by atoms with Gasteiger partial charge in [0.15, 0.2) is 0 Å². The first kappa shape index (κ1) is 12.5. The average Bonchev–Trinajstić information content (AvgIpc) is 2.24. The van der Waals surface area contributed by atoms with Crippen molar-refractivity contribution in [2.24, 2.45) is 5.73 Å². The molecule has 1 aromatic rings. The normalized spacial score (nSPS) is 12.5. The number of methoxy groups -OCH3 is 1. The summed E-state index contributed by atoms with van der Waals surface area (Å²) in [5.41, 5.74) is 7.23. The van der Waals surface area contributed by atoms with Gasteiger partial charge in [-0.25, -0.2) is 0 Å². The number of rotatable bonds is 5. The van der Waals surface area contributed by atoms with Crippen molar-refractivity contribution in [1.29, 1.82) is 0 Å². The Labute approximate surface area is 99.9 Å². The number of unbranched alkanes of at least 4 members (excludes halogenated alkanes) is 1. The summed E-state index contributed by atoms with van der Waals surface area (Å²) in [7, 11) is 1.67. The van der Waals surface area contributed by atoms with Gasteiger partial charge >= 0.3 is 0 Å². The Morgan fingerprint density at radius 3 is 2.73 bits per heavy atom. The van der Waals surface area contributed by atoms with E-state index in [0.29, 0.717) is 0 Å². The van der Waals surface area contributed by atoms with E-state index in [9.17, 15) is 0 Å². The second-order valence-corrected chi connectivity index (χ2v) is 4.59. The van der Waals surface area contributed by atoms with Crippen molar-refractivity contribution < 1.29 is 4.74 Å². The van der Waals surface area contributed by atoms with Crippen molar-refractivity contribution in [1.82, 2.24) is 0 Å². The molecule has 0 fully saturated rings. The van der Waals surface area contributed by atoms with Crippen LogP contribution in [-0.2, 0) is 0 Å². The number of hydrogen-bond donors (Lipinski definition) is 1. The van der Waals surface area contributed by atoms with E-state index in [2.05, 4.69) is 28.9 Å². The van der Waals surface area contributed by atoms with Gasteiger partial charge in [-0.3, -0.25) is 0 Å². The molecule has 1 atom stereocenters. The molecule has 0 radical (unpaired) electrons. The fourth-order valence-corrected chi connectivity index (χ4v) is 2.00. The second-order valence-electron chi connectivity index (χ2n) is 3.67. The van der Waals surface area contributed by atoms with E-state index < -0.39 is 0 Å². The first-order valence-corrected chi connectivity index (χ1v) is 6.06. The quantitative estimate of drug-likeness (QED) is 0.888. The Kier molecular flexibility index (Phi) is 5.12. The van der Waals surface area contributed by atoms with E-state index in [0.717, 1.165) is 28.6 Å². The highest BCUT2D eigenvalue weighted by Crippen LogP contribution is 2.26. The predicted molar refractivity (Wildman–Crippen MR) is 67.1 cm³/mol. The third-order valence-electron chi connectivity index (χ3n) is 2.43. The van der Waals surface area contributed by atoms with Gasteiger partial charge in [-0.1, -0.05) is 35.7 Å². The van der Waals surface area contributed by atoms with Crippen LogP contribution in [0.3, 0.4) is 0 Å². The largest absolute Gasteiger partial charge is 0.497 e. The van der Waals surface area contributed by atoms with Gasteiger partial charge in [-0.15, -0.1) is 0 Å². The fraction of sp³-hybridized carbons (Fsp3) is 0.500. The van der Waals surface area contributed by atoms with Gasteiger partial charge in [0.05, 0.1) is 7.11 Å². The standard InChI is InChI=1S/C12H18BrNO/c1-3-4-5-12(14)9-6-10(13)8-11(7-9)15-2/h6-8,12H,3-5,14H2,1-2H3/t12-/m1/s1. The number of hydrogen-bond acceptors (Lipinski definition) is 2. The molecule has 0 bridgehead atoms. The van der Waals surface area contributed by atoms with E-state index in [4.69, 9.17) is 10.5 Å². The molecule has 0 aromatic heterocycles. The summed E-state index contributed by atoms with van der Waals surface area (Å²) < 4.78 is 6.22. The Hall–Kier alpha value is -0.540. The van der Waals surface area contributed by atoms with Crippen LogP contribution in [0.4, 0.5) is 0 Å². The van der Waals surface area contributed by atoms with Crippen LogP contribution in [0.1, 0.15) is 37.8 Å². The first-order chi connectivity index (χ1) is 7.17. The van der Waals surface area contributed by atoms with Crippen LogP contribution in [0.2, 0.25) is 0 Å². The van der Waals surface area contributed by atoms with Crippen molar-refractivity contribution in [3.8, 4) is 5.75 Å². The minimum Gasteiger partial charge on any atom is -0.497 e. The minimum absolute atomic E-state index is 0.108. The average molecular weight is 272 g/mol. The van der Waals surface area contributed by atoms with Gasteiger partial charge in [0.2, 0.25) is 0 Å². The summed E-state index contributed by atoms with van der Waals surface area (Å²) in [5.74, 6) is 0.853. The Bertz CT molecular complexity index is 314. The maximum Gasteiger partial charge on any atom is 0.120 e. The smallest absolute Gasteiger partial charge is 0.120 e. The van der Waals surface area contributed by atoms with Crippen LogP contribution in [0.25, 0.3) is 0 Å². The maximum atomic E-state index is 6.10. The van der Waals surface area contributed by atoms with Gasteiger partial charge in [0.25, 0.3) is 0 Å². The van der Waals surface area contributed by atoms with Crippen LogP contribution >= 0.6 is 15.9 Å². The van der Waals surface area contributed by atoms with Crippen LogP contribution in [0, 0.1) is 0 Å². The van der Waals surface area contributed by atoms with Crippen molar-refractivity contribution >= 4 is 15.9 Å². The van der Waals surface area contributed by atoms with E-state index in [1.54, 1.807) is 7.11 Å². The van der Waals surface area contributed by atoms with Gasteiger partial charge in [-0.2, -0.15) is 0 Å². The molecule has 84 valence electrons. The van der Waals surface area contributed by atoms with Gasteiger partial charge in [0.1, 0.15) is 5.75 Å². The number of nitrogens with two attached hydrogens (primary N) is 1. The van der Waals surface area contributed by atoms with E-state index in [-0.39, 0.29) is 6.04 Å². The Morgan fingerprint density at radius 1 is 1.40 bits per heavy atom. The van der Waals surface area contributed by atoms with Gasteiger partial charge in [-0.05, 0) is 30.2 Å². The summed E-state index contributed by atoms with van der Waals surface area (Å²) in [4.78, 5) is 0. The molecule has 3 heteroatoms. The molecule has 0 aliphatic rings. The predicted octanol–water partition coefficient (Wildman–Crippen LogP) is 3.65. The molecular formula is C12H18BrNO. The highest BCUT2D eigenvalue weighted by molar-refractivity contribution is 9.10. The minimum atomic E-state index is 0.108. The molecule has 2 nitrogen and oxygen atoms in total. The molecule has 0 saturated carbocycles. The van der Waals surface area contributed by atoms with Crippen LogP contribution in [-0.4, -0.2) is 7.11 Å². The van der Waals surface area contributed by atoms with Crippen LogP contribution in [0.5, 0.6) is 5.75 Å². The molecule has 1 rings (SSSR count). The lowest BCUT2D eigenvalue weighted by Crippen LogP contribution is -2.10. The zero-order chi connectivity index (χ0) is 11.3. The zero-order valence-corrected chi connectivity index (χ0v) is 10.9. The SMILES string of the molecule is CCCC[C@@H](N)c1cc(Br)cc(OC)c1. The lowest BCUT2D eigenvalue weighted by Gasteiger charge is -2.13. The summed E-state index contributed by atoms with van der Waals surface area (Å²) in [6.07, 6.45) is 3.37. The summed E-state index contributed by atoms with van der Waals surface area (Å²) in [6.45, 7) is 2.17. The highest BCUT2D eigenvalue weighted by atomic mass is 79.9. The van der Waals surface area contributed by atoms with Crippen molar-refractivity contribution in [2.45, 2.75) is 32.2 Å². The topological polar surface area (TPSA) is 35.2 Å². The number of ether oxygens (including phenoxy) is 1. The Balaban J connectivity index is 2.78. The zero-order valence-electron chi connectivity index (χ0n) is 9.29. The van der Waals surface area contributed by atoms with Crippen molar-refractivity contribution in [3.05, 3.63) is 28.2 Å². The van der Waals surface area contributed by atoms with Gasteiger partial charge in [0, 0.05) is 10.5 Å². The maximum absolute atomic E-state index is 6.10. The van der Waals surface area contributed by atoms with Crippen molar-refractivity contribution in [2.75, 3.05) is 7.11 Å².